The molecule has 7 aromatic carbocycles. The van der Waals surface area contributed by atoms with Crippen molar-refractivity contribution in [2.75, 3.05) is 0 Å². The molecule has 0 fully saturated rings. The maximum atomic E-state index is 6.59. The van der Waals surface area contributed by atoms with Crippen molar-refractivity contribution in [1.29, 1.82) is 0 Å². The molecule has 0 aliphatic rings. The Kier molecular flexibility index (Phi) is 8.12. The van der Waals surface area contributed by atoms with E-state index in [1.54, 1.807) is 0 Å². The SMILES string of the molecule is c1ccc(-c2nc(-c3cccc(-c4ccncc4)c3)cc(-c3cc(-c4ccccc4-c4ccccc4)cc(-c4cccc5c4oc4ccccc45)c3)n2)cc1. The molecule has 55 heavy (non-hydrogen) atoms. The van der Waals surface area contributed by atoms with Gasteiger partial charge in [0.1, 0.15) is 11.2 Å². The van der Waals surface area contributed by atoms with E-state index in [-0.39, 0.29) is 0 Å². The minimum atomic E-state index is 0.665. The van der Waals surface area contributed by atoms with E-state index in [9.17, 15) is 0 Å². The van der Waals surface area contributed by atoms with Crippen LogP contribution in [0.2, 0.25) is 0 Å². The third kappa shape index (κ3) is 6.16. The van der Waals surface area contributed by atoms with Crippen molar-refractivity contribution >= 4 is 21.9 Å². The van der Waals surface area contributed by atoms with Crippen LogP contribution >= 0.6 is 0 Å². The molecule has 0 aliphatic heterocycles. The van der Waals surface area contributed by atoms with Gasteiger partial charge >= 0.3 is 0 Å². The van der Waals surface area contributed by atoms with E-state index in [2.05, 4.69) is 151 Å². The smallest absolute Gasteiger partial charge is 0.160 e. The van der Waals surface area contributed by atoms with Crippen molar-refractivity contribution in [3.05, 3.63) is 200 Å². The van der Waals surface area contributed by atoms with E-state index in [1.165, 1.54) is 0 Å². The van der Waals surface area contributed by atoms with Crippen LogP contribution in [-0.4, -0.2) is 15.0 Å². The number of pyridine rings is 1. The van der Waals surface area contributed by atoms with Gasteiger partial charge in [-0.3, -0.25) is 4.98 Å². The summed E-state index contributed by atoms with van der Waals surface area (Å²) >= 11 is 0. The third-order valence-electron chi connectivity index (χ3n) is 10.2. The lowest BCUT2D eigenvalue weighted by Crippen LogP contribution is -1.97. The number of hydrogen-bond acceptors (Lipinski definition) is 4. The molecular formula is C51H33N3O. The van der Waals surface area contributed by atoms with Crippen LogP contribution in [-0.2, 0) is 0 Å². The van der Waals surface area contributed by atoms with Crippen LogP contribution in [0.3, 0.4) is 0 Å². The maximum absolute atomic E-state index is 6.59. The molecule has 3 aromatic heterocycles. The number of benzene rings is 7. The van der Waals surface area contributed by atoms with Gasteiger partial charge < -0.3 is 4.42 Å². The predicted octanol–water partition coefficient (Wildman–Crippen LogP) is 13.4. The van der Waals surface area contributed by atoms with Gasteiger partial charge in [-0.15, -0.1) is 0 Å². The zero-order valence-corrected chi connectivity index (χ0v) is 29.8. The van der Waals surface area contributed by atoms with Gasteiger partial charge in [0.2, 0.25) is 0 Å². The number of para-hydroxylation sites is 2. The fourth-order valence-corrected chi connectivity index (χ4v) is 7.53. The van der Waals surface area contributed by atoms with E-state index in [0.29, 0.717) is 5.82 Å². The highest BCUT2D eigenvalue weighted by Crippen LogP contribution is 2.41. The maximum Gasteiger partial charge on any atom is 0.160 e. The molecule has 4 heteroatoms. The van der Waals surface area contributed by atoms with Crippen molar-refractivity contribution in [1.82, 2.24) is 15.0 Å². The Hall–Kier alpha value is -7.43. The molecule has 3 heterocycles. The Morgan fingerprint density at radius 2 is 0.855 bits per heavy atom. The summed E-state index contributed by atoms with van der Waals surface area (Å²) in [4.78, 5) is 14.7. The Bertz CT molecular complexity index is 2970. The first kappa shape index (κ1) is 32.2. The lowest BCUT2D eigenvalue weighted by molar-refractivity contribution is 0.670. The van der Waals surface area contributed by atoms with Crippen LogP contribution < -0.4 is 0 Å². The van der Waals surface area contributed by atoms with Crippen LogP contribution in [0.1, 0.15) is 0 Å². The average molecular weight is 704 g/mol. The summed E-state index contributed by atoms with van der Waals surface area (Å²) in [5.74, 6) is 0.665. The van der Waals surface area contributed by atoms with E-state index < -0.39 is 0 Å². The molecule has 10 aromatic rings. The molecule has 0 aliphatic carbocycles. The summed E-state index contributed by atoms with van der Waals surface area (Å²) in [6.45, 7) is 0. The first-order chi connectivity index (χ1) is 27.2. The zero-order valence-electron chi connectivity index (χ0n) is 29.8. The number of nitrogens with zero attached hydrogens (tertiary/aromatic N) is 3. The van der Waals surface area contributed by atoms with Gasteiger partial charge in [-0.2, -0.15) is 0 Å². The molecule has 258 valence electrons. The van der Waals surface area contributed by atoms with E-state index in [4.69, 9.17) is 14.4 Å². The molecule has 0 N–H and O–H groups in total. The van der Waals surface area contributed by atoms with Crippen LogP contribution in [0, 0.1) is 0 Å². The highest BCUT2D eigenvalue weighted by atomic mass is 16.3. The summed E-state index contributed by atoms with van der Waals surface area (Å²) in [5.41, 5.74) is 15.2. The second-order valence-electron chi connectivity index (χ2n) is 13.6. The molecule has 0 radical (unpaired) electrons. The molecule has 0 saturated heterocycles. The molecule has 4 nitrogen and oxygen atoms in total. The largest absolute Gasteiger partial charge is 0.455 e. The summed E-state index contributed by atoms with van der Waals surface area (Å²) < 4.78 is 6.59. The highest BCUT2D eigenvalue weighted by molar-refractivity contribution is 6.10. The minimum Gasteiger partial charge on any atom is -0.455 e. The molecular weight excluding hydrogens is 671 g/mol. The van der Waals surface area contributed by atoms with Crippen molar-refractivity contribution in [3.63, 3.8) is 0 Å². The Morgan fingerprint density at radius 1 is 0.327 bits per heavy atom. The number of rotatable bonds is 7. The molecule has 0 spiro atoms. The second kappa shape index (κ2) is 13.8. The van der Waals surface area contributed by atoms with Crippen molar-refractivity contribution in [2.45, 2.75) is 0 Å². The number of aromatic nitrogens is 3. The minimum absolute atomic E-state index is 0.665. The third-order valence-corrected chi connectivity index (χ3v) is 10.2. The Balaban J connectivity index is 1.22. The standard InChI is InChI=1S/C51H33N3O/c1-3-13-35(14-4-1)42-19-7-8-20-43(42)39-30-40(44-22-12-23-46-45-21-9-10-24-49(45)55-50(44)46)32-41(31-39)48-33-47(53-51(54-48)36-15-5-2-6-16-36)38-18-11-17-37(29-38)34-25-27-52-28-26-34/h1-33H. The monoisotopic (exact) mass is 703 g/mol. The summed E-state index contributed by atoms with van der Waals surface area (Å²) in [5, 5.41) is 2.20. The predicted molar refractivity (Wildman–Crippen MR) is 225 cm³/mol. The van der Waals surface area contributed by atoms with Crippen LogP contribution in [0.25, 0.3) is 100 Å². The second-order valence-corrected chi connectivity index (χ2v) is 13.6. The van der Waals surface area contributed by atoms with Gasteiger partial charge in [0.15, 0.2) is 5.82 Å². The van der Waals surface area contributed by atoms with Gasteiger partial charge in [-0.1, -0.05) is 140 Å². The van der Waals surface area contributed by atoms with Gasteiger partial charge in [-0.25, -0.2) is 9.97 Å². The van der Waals surface area contributed by atoms with Gasteiger partial charge in [0.05, 0.1) is 11.4 Å². The fraction of sp³-hybridized carbons (Fsp3) is 0. The molecule has 10 rings (SSSR count). The molecule has 0 amide bonds. The first-order valence-corrected chi connectivity index (χ1v) is 18.4. The van der Waals surface area contributed by atoms with Gasteiger partial charge in [0, 0.05) is 45.4 Å². The van der Waals surface area contributed by atoms with Gasteiger partial charge in [0.25, 0.3) is 0 Å². The van der Waals surface area contributed by atoms with Crippen molar-refractivity contribution in [2.24, 2.45) is 0 Å². The topological polar surface area (TPSA) is 51.8 Å². The van der Waals surface area contributed by atoms with Crippen LogP contribution in [0.5, 0.6) is 0 Å². The normalized spacial score (nSPS) is 11.3. The lowest BCUT2D eigenvalue weighted by Gasteiger charge is -2.15. The lowest BCUT2D eigenvalue weighted by atomic mass is 9.90. The fourth-order valence-electron chi connectivity index (χ4n) is 7.53. The molecule has 0 saturated carbocycles. The summed E-state index contributed by atoms with van der Waals surface area (Å²) in [6, 6.07) is 65.6. The van der Waals surface area contributed by atoms with Crippen molar-refractivity contribution < 1.29 is 4.42 Å². The van der Waals surface area contributed by atoms with E-state index in [1.807, 2.05) is 54.9 Å². The molecule has 0 bridgehead atoms. The van der Waals surface area contributed by atoms with Gasteiger partial charge in [-0.05, 0) is 87.5 Å². The number of hydrogen-bond donors (Lipinski definition) is 0. The Morgan fingerprint density at radius 3 is 1.64 bits per heavy atom. The van der Waals surface area contributed by atoms with Crippen molar-refractivity contribution in [3.8, 4) is 78.4 Å². The van der Waals surface area contributed by atoms with E-state index >= 15 is 0 Å². The molecule has 0 atom stereocenters. The number of furan rings is 1. The molecule has 0 unspecified atom stereocenters. The Labute approximate surface area is 319 Å². The quantitative estimate of drug-likeness (QED) is 0.166. The van der Waals surface area contributed by atoms with Crippen LogP contribution in [0.4, 0.5) is 0 Å². The number of fused-ring (bicyclic) bond motifs is 3. The zero-order chi connectivity index (χ0) is 36.6. The summed E-state index contributed by atoms with van der Waals surface area (Å²) in [7, 11) is 0. The summed E-state index contributed by atoms with van der Waals surface area (Å²) in [6.07, 6.45) is 3.65. The first-order valence-electron chi connectivity index (χ1n) is 18.4. The average Bonchev–Trinajstić information content (AvgIpc) is 3.66. The van der Waals surface area contributed by atoms with E-state index in [0.717, 1.165) is 94.5 Å². The highest BCUT2D eigenvalue weighted by Gasteiger charge is 2.18. The van der Waals surface area contributed by atoms with Crippen LogP contribution in [0.15, 0.2) is 205 Å².